The summed E-state index contributed by atoms with van der Waals surface area (Å²) < 4.78 is 9.47. The van der Waals surface area contributed by atoms with Crippen molar-refractivity contribution >= 4 is 35.0 Å². The van der Waals surface area contributed by atoms with Crippen LogP contribution in [0.1, 0.15) is 23.5 Å². The third kappa shape index (κ3) is 2.62. The molecule has 1 fully saturated rings. The number of hydrogen-bond acceptors (Lipinski definition) is 8. The van der Waals surface area contributed by atoms with E-state index in [0.717, 1.165) is 11.1 Å². The lowest BCUT2D eigenvalue weighted by Crippen LogP contribution is -2.38. The van der Waals surface area contributed by atoms with Crippen LogP contribution in [0.4, 0.5) is 17.6 Å². The number of nitrogens with two attached hydrogens (primary N) is 1. The van der Waals surface area contributed by atoms with Gasteiger partial charge in [0.2, 0.25) is 11.9 Å². The van der Waals surface area contributed by atoms with Crippen LogP contribution in [0.3, 0.4) is 0 Å². The van der Waals surface area contributed by atoms with Crippen LogP contribution in [0.2, 0.25) is 0 Å². The summed E-state index contributed by atoms with van der Waals surface area (Å²) in [5.41, 5.74) is 7.97. The lowest BCUT2D eigenvalue weighted by atomic mass is 9.88. The van der Waals surface area contributed by atoms with Gasteiger partial charge >= 0.3 is 0 Å². The van der Waals surface area contributed by atoms with Gasteiger partial charge in [-0.2, -0.15) is 9.97 Å². The van der Waals surface area contributed by atoms with Crippen molar-refractivity contribution in [1.82, 2.24) is 14.3 Å². The summed E-state index contributed by atoms with van der Waals surface area (Å²) in [5.74, 6) is 1.24. The molecular formula is C14H16N6O2S. The zero-order chi connectivity index (χ0) is 15.8. The van der Waals surface area contributed by atoms with Gasteiger partial charge in [0.1, 0.15) is 11.6 Å². The number of anilines is 3. The van der Waals surface area contributed by atoms with Gasteiger partial charge in [-0.3, -0.25) is 4.79 Å². The number of ether oxygens (including phenoxy) is 1. The zero-order valence-electron chi connectivity index (χ0n) is 12.4. The first-order valence-corrected chi connectivity index (χ1v) is 8.25. The maximum Gasteiger partial charge on any atom is 0.229 e. The van der Waals surface area contributed by atoms with Gasteiger partial charge in [-0.1, -0.05) is 0 Å². The summed E-state index contributed by atoms with van der Waals surface area (Å²) in [5, 5.41) is 4.76. The Bertz CT molecular complexity index is 729. The van der Waals surface area contributed by atoms with E-state index in [4.69, 9.17) is 10.5 Å². The molecule has 2 aliphatic rings. The van der Waals surface area contributed by atoms with Crippen LogP contribution < -0.4 is 16.0 Å². The third-order valence-electron chi connectivity index (χ3n) is 4.11. The smallest absolute Gasteiger partial charge is 0.229 e. The van der Waals surface area contributed by atoms with E-state index in [-0.39, 0.29) is 11.8 Å². The molecule has 0 aliphatic carbocycles. The van der Waals surface area contributed by atoms with Gasteiger partial charge in [0.15, 0.2) is 0 Å². The van der Waals surface area contributed by atoms with Crippen molar-refractivity contribution in [2.75, 3.05) is 42.3 Å². The molecule has 1 saturated heterocycles. The Morgan fingerprint density at radius 3 is 2.91 bits per heavy atom. The van der Waals surface area contributed by atoms with Gasteiger partial charge < -0.3 is 20.7 Å². The Morgan fingerprint density at radius 1 is 1.35 bits per heavy atom. The molecule has 2 aliphatic heterocycles. The molecule has 3 N–H and O–H groups in total. The molecule has 9 heteroatoms. The fraction of sp³-hybridized carbons (Fsp3) is 0.429. The fourth-order valence-electron chi connectivity index (χ4n) is 2.96. The van der Waals surface area contributed by atoms with Gasteiger partial charge in [-0.15, -0.1) is 0 Å². The van der Waals surface area contributed by atoms with E-state index < -0.39 is 0 Å². The Labute approximate surface area is 136 Å². The highest BCUT2D eigenvalue weighted by Crippen LogP contribution is 2.40. The number of morpholine rings is 1. The van der Waals surface area contributed by atoms with Gasteiger partial charge in [0, 0.05) is 42.6 Å². The van der Waals surface area contributed by atoms with E-state index in [9.17, 15) is 4.79 Å². The molecular weight excluding hydrogens is 316 g/mol. The van der Waals surface area contributed by atoms with E-state index in [0.29, 0.717) is 50.3 Å². The van der Waals surface area contributed by atoms with Crippen LogP contribution in [0, 0.1) is 0 Å². The summed E-state index contributed by atoms with van der Waals surface area (Å²) in [6, 6.07) is 0. The van der Waals surface area contributed by atoms with E-state index in [1.807, 2.05) is 10.3 Å². The first-order valence-electron chi connectivity index (χ1n) is 7.41. The number of carbonyl (C=O) groups excluding carboxylic acids is 1. The van der Waals surface area contributed by atoms with Crippen LogP contribution in [0.15, 0.2) is 11.6 Å². The Hall–Kier alpha value is -2.26. The van der Waals surface area contributed by atoms with Gasteiger partial charge in [-0.05, 0) is 17.1 Å². The van der Waals surface area contributed by atoms with Gasteiger partial charge in [-0.25, -0.2) is 4.37 Å². The minimum absolute atomic E-state index is 0.0697. The standard InChI is InChI=1S/C14H16N6O2S/c15-12-11-9(8-6-16-23-7-8)5-10(21)17-13(11)19-14(18-12)20-1-3-22-4-2-20/h6-7,9H,1-5H2,(H3,15,17,18,19,21). The highest BCUT2D eigenvalue weighted by Gasteiger charge is 2.32. The number of carbonyl (C=O) groups is 1. The normalized spacial score (nSPS) is 21.0. The molecule has 2 aromatic heterocycles. The number of nitrogen functional groups attached to an aromatic ring is 1. The molecule has 0 aromatic carbocycles. The number of fused-ring (bicyclic) bond motifs is 1. The maximum absolute atomic E-state index is 12.1. The largest absolute Gasteiger partial charge is 0.383 e. The average Bonchev–Trinajstić information content (AvgIpc) is 3.09. The summed E-state index contributed by atoms with van der Waals surface area (Å²) in [4.78, 5) is 23.1. The second-order valence-corrected chi connectivity index (χ2v) is 6.19. The number of hydrogen-bond donors (Lipinski definition) is 2. The quantitative estimate of drug-likeness (QED) is 0.838. The zero-order valence-corrected chi connectivity index (χ0v) is 13.2. The van der Waals surface area contributed by atoms with Crippen LogP contribution in [0.25, 0.3) is 0 Å². The van der Waals surface area contributed by atoms with Crippen molar-refractivity contribution in [3.63, 3.8) is 0 Å². The molecule has 1 atom stereocenters. The molecule has 4 heterocycles. The number of amides is 1. The molecule has 8 nitrogen and oxygen atoms in total. The molecule has 4 rings (SSSR count). The van der Waals surface area contributed by atoms with E-state index >= 15 is 0 Å². The van der Waals surface area contributed by atoms with Crippen LogP contribution >= 0.6 is 11.5 Å². The molecule has 1 amide bonds. The van der Waals surface area contributed by atoms with Crippen molar-refractivity contribution in [1.29, 1.82) is 0 Å². The molecule has 120 valence electrons. The van der Waals surface area contributed by atoms with Crippen LogP contribution in [-0.2, 0) is 9.53 Å². The van der Waals surface area contributed by atoms with E-state index in [2.05, 4.69) is 19.7 Å². The third-order valence-corrected chi connectivity index (χ3v) is 4.71. The van der Waals surface area contributed by atoms with E-state index in [1.165, 1.54) is 11.5 Å². The fourth-order valence-corrected chi connectivity index (χ4v) is 3.55. The van der Waals surface area contributed by atoms with Gasteiger partial charge in [0.25, 0.3) is 0 Å². The predicted molar refractivity (Wildman–Crippen MR) is 86.7 cm³/mol. The molecule has 0 spiro atoms. The predicted octanol–water partition coefficient (Wildman–Crippen LogP) is 0.826. The van der Waals surface area contributed by atoms with Crippen LogP contribution in [-0.4, -0.2) is 46.6 Å². The van der Waals surface area contributed by atoms with Crippen molar-refractivity contribution < 1.29 is 9.53 Å². The first-order chi connectivity index (χ1) is 11.2. The lowest BCUT2D eigenvalue weighted by Gasteiger charge is -2.30. The minimum Gasteiger partial charge on any atom is -0.383 e. The Morgan fingerprint density at radius 2 is 2.17 bits per heavy atom. The second-order valence-electron chi connectivity index (χ2n) is 5.53. The highest BCUT2D eigenvalue weighted by atomic mass is 32.1. The maximum atomic E-state index is 12.1. The number of nitrogens with one attached hydrogen (secondary N) is 1. The van der Waals surface area contributed by atoms with E-state index in [1.54, 1.807) is 6.20 Å². The minimum atomic E-state index is -0.142. The number of nitrogens with zero attached hydrogens (tertiary/aromatic N) is 4. The average molecular weight is 332 g/mol. The van der Waals surface area contributed by atoms with Gasteiger partial charge in [0.05, 0.1) is 13.2 Å². The molecule has 0 radical (unpaired) electrons. The Kier molecular flexibility index (Phi) is 3.58. The summed E-state index contributed by atoms with van der Waals surface area (Å²) in [6.07, 6.45) is 2.10. The lowest BCUT2D eigenvalue weighted by molar-refractivity contribution is -0.116. The first kappa shape index (κ1) is 14.3. The molecule has 2 aromatic rings. The summed E-state index contributed by atoms with van der Waals surface area (Å²) >= 11 is 1.36. The molecule has 1 unspecified atom stereocenters. The van der Waals surface area contributed by atoms with Crippen molar-refractivity contribution in [2.45, 2.75) is 12.3 Å². The molecule has 0 saturated carbocycles. The number of aromatic nitrogens is 3. The van der Waals surface area contributed by atoms with Crippen molar-refractivity contribution in [2.24, 2.45) is 0 Å². The monoisotopic (exact) mass is 332 g/mol. The Balaban J connectivity index is 1.76. The second kappa shape index (κ2) is 5.74. The van der Waals surface area contributed by atoms with Crippen molar-refractivity contribution in [3.05, 3.63) is 22.7 Å². The topological polar surface area (TPSA) is 106 Å². The summed E-state index contributed by atoms with van der Waals surface area (Å²) in [7, 11) is 0. The highest BCUT2D eigenvalue weighted by molar-refractivity contribution is 7.03. The molecule has 0 bridgehead atoms. The van der Waals surface area contributed by atoms with Crippen molar-refractivity contribution in [3.8, 4) is 0 Å². The SMILES string of the molecule is Nc1nc(N2CCOCC2)nc2c1C(c1cnsc1)CC(=O)N2. The van der Waals surface area contributed by atoms with Crippen LogP contribution in [0.5, 0.6) is 0 Å². The number of rotatable bonds is 2. The summed E-state index contributed by atoms with van der Waals surface area (Å²) in [6.45, 7) is 2.69. The molecule has 23 heavy (non-hydrogen) atoms.